The fraction of sp³-hybridized carbons (Fsp3) is 0.118. The Morgan fingerprint density at radius 2 is 2.00 bits per heavy atom. The van der Waals surface area contributed by atoms with Gasteiger partial charge in [-0.2, -0.15) is 4.98 Å². The maximum absolute atomic E-state index is 14.2. The number of nitro benzene ring substituents is 1. The summed E-state index contributed by atoms with van der Waals surface area (Å²) in [7, 11) is 1.34. The van der Waals surface area contributed by atoms with E-state index in [1.165, 1.54) is 31.4 Å². The summed E-state index contributed by atoms with van der Waals surface area (Å²) in [5.41, 5.74) is 0.913. The highest BCUT2D eigenvalue weighted by Crippen LogP contribution is 2.38. The van der Waals surface area contributed by atoms with Crippen molar-refractivity contribution in [1.29, 1.82) is 0 Å². The lowest BCUT2D eigenvalue weighted by Gasteiger charge is -2.11. The smallest absolute Gasteiger partial charge is 0.278 e. The van der Waals surface area contributed by atoms with Crippen molar-refractivity contribution in [3.63, 3.8) is 0 Å². The SMILES string of the molecule is COc1cc2c([N+](=O)[O-])cc(-c3c(C)cccc3F)cc2c(O)n1. The fourth-order valence-corrected chi connectivity index (χ4v) is 2.69. The first-order valence-electron chi connectivity index (χ1n) is 7.04. The lowest BCUT2D eigenvalue weighted by atomic mass is 9.96. The summed E-state index contributed by atoms with van der Waals surface area (Å²) in [5, 5.41) is 21.9. The second kappa shape index (κ2) is 5.77. The van der Waals surface area contributed by atoms with E-state index >= 15 is 0 Å². The van der Waals surface area contributed by atoms with Crippen molar-refractivity contribution in [2.75, 3.05) is 7.11 Å². The average Bonchev–Trinajstić information content (AvgIpc) is 2.54. The number of pyridine rings is 1. The third-order valence-corrected chi connectivity index (χ3v) is 3.80. The van der Waals surface area contributed by atoms with Gasteiger partial charge in [-0.1, -0.05) is 12.1 Å². The molecule has 7 heteroatoms. The van der Waals surface area contributed by atoms with Crippen LogP contribution in [0.4, 0.5) is 10.1 Å². The van der Waals surface area contributed by atoms with Crippen LogP contribution >= 0.6 is 0 Å². The van der Waals surface area contributed by atoms with Crippen molar-refractivity contribution >= 4 is 16.5 Å². The molecule has 0 aliphatic carbocycles. The summed E-state index contributed by atoms with van der Waals surface area (Å²) in [6, 6.07) is 8.69. The highest BCUT2D eigenvalue weighted by Gasteiger charge is 2.20. The van der Waals surface area contributed by atoms with Gasteiger partial charge in [-0.3, -0.25) is 10.1 Å². The first kappa shape index (κ1) is 15.7. The number of fused-ring (bicyclic) bond motifs is 1. The standard InChI is InChI=1S/C17H13FN2O4/c1-9-4-3-5-13(18)16(9)10-6-12-11(14(7-10)20(22)23)8-15(24-2)19-17(12)21/h3-8H,1-2H3,(H,19,21). The van der Waals surface area contributed by atoms with Crippen LogP contribution < -0.4 is 4.74 Å². The summed E-state index contributed by atoms with van der Waals surface area (Å²) in [6.45, 7) is 1.71. The first-order chi connectivity index (χ1) is 11.4. The van der Waals surface area contributed by atoms with Crippen molar-refractivity contribution in [3.05, 3.63) is 57.9 Å². The summed E-state index contributed by atoms with van der Waals surface area (Å²) < 4.78 is 19.2. The average molecular weight is 328 g/mol. The molecule has 0 bridgehead atoms. The lowest BCUT2D eigenvalue weighted by molar-refractivity contribution is -0.383. The summed E-state index contributed by atoms with van der Waals surface area (Å²) in [6.07, 6.45) is 0. The molecule has 2 aromatic carbocycles. The number of nitrogens with zero attached hydrogens (tertiary/aromatic N) is 2. The molecule has 1 aromatic heterocycles. The first-order valence-corrected chi connectivity index (χ1v) is 7.04. The largest absolute Gasteiger partial charge is 0.493 e. The van der Waals surface area contributed by atoms with E-state index in [1.807, 2.05) is 0 Å². The Balaban J connectivity index is 2.41. The molecule has 0 aliphatic heterocycles. The molecule has 1 N–H and O–H groups in total. The van der Waals surface area contributed by atoms with Crippen molar-refractivity contribution in [3.8, 4) is 22.9 Å². The minimum absolute atomic E-state index is 0.0536. The van der Waals surface area contributed by atoms with Crippen LogP contribution in [0.1, 0.15) is 5.56 Å². The third kappa shape index (κ3) is 2.50. The quantitative estimate of drug-likeness (QED) is 0.581. The van der Waals surface area contributed by atoms with Crippen molar-refractivity contribution in [1.82, 2.24) is 4.98 Å². The van der Waals surface area contributed by atoms with Gasteiger partial charge in [-0.05, 0) is 30.2 Å². The van der Waals surface area contributed by atoms with Gasteiger partial charge in [0.15, 0.2) is 0 Å². The number of hydrogen-bond donors (Lipinski definition) is 1. The third-order valence-electron chi connectivity index (χ3n) is 3.80. The zero-order chi connectivity index (χ0) is 17.4. The molecule has 1 heterocycles. The van der Waals surface area contributed by atoms with Gasteiger partial charge in [0.1, 0.15) is 5.82 Å². The number of aromatic nitrogens is 1. The number of nitro groups is 1. The van der Waals surface area contributed by atoms with Crippen molar-refractivity contribution in [2.45, 2.75) is 6.92 Å². The number of methoxy groups -OCH3 is 1. The van der Waals surface area contributed by atoms with Crippen LogP contribution in [-0.4, -0.2) is 22.1 Å². The molecule has 0 spiro atoms. The summed E-state index contributed by atoms with van der Waals surface area (Å²) >= 11 is 0. The molecule has 0 atom stereocenters. The van der Waals surface area contributed by atoms with Crippen LogP contribution in [0, 0.1) is 22.9 Å². The predicted molar refractivity (Wildman–Crippen MR) is 86.7 cm³/mol. The molecule has 0 unspecified atom stereocenters. The number of halogens is 1. The van der Waals surface area contributed by atoms with Crippen LogP contribution in [0.3, 0.4) is 0 Å². The Hall–Kier alpha value is -3.22. The molecule has 0 fully saturated rings. The molecule has 3 aromatic rings. The Morgan fingerprint density at radius 3 is 2.62 bits per heavy atom. The number of rotatable bonds is 3. The molecule has 0 aliphatic rings. The van der Waals surface area contributed by atoms with Crippen LogP contribution in [0.15, 0.2) is 36.4 Å². The normalized spacial score (nSPS) is 10.8. The summed E-state index contributed by atoms with van der Waals surface area (Å²) in [4.78, 5) is 14.7. The molecule has 6 nitrogen and oxygen atoms in total. The zero-order valence-corrected chi connectivity index (χ0v) is 12.9. The molecule has 0 radical (unpaired) electrons. The number of aromatic hydroxyl groups is 1. The van der Waals surface area contributed by atoms with E-state index in [0.717, 1.165) is 0 Å². The van der Waals surface area contributed by atoms with Gasteiger partial charge in [0.25, 0.3) is 5.69 Å². The van der Waals surface area contributed by atoms with E-state index in [2.05, 4.69) is 4.98 Å². The number of aryl methyl sites for hydroxylation is 1. The Kier molecular flexibility index (Phi) is 3.76. The van der Waals surface area contributed by atoms with E-state index in [0.29, 0.717) is 11.1 Å². The minimum atomic E-state index is -0.582. The Morgan fingerprint density at radius 1 is 1.25 bits per heavy atom. The van der Waals surface area contributed by atoms with Gasteiger partial charge in [-0.15, -0.1) is 0 Å². The zero-order valence-electron chi connectivity index (χ0n) is 12.9. The molecular formula is C17H13FN2O4. The summed E-state index contributed by atoms with van der Waals surface area (Å²) in [5.74, 6) is -0.856. The lowest BCUT2D eigenvalue weighted by Crippen LogP contribution is -1.96. The maximum atomic E-state index is 14.2. The molecule has 0 amide bonds. The van der Waals surface area contributed by atoms with E-state index in [1.54, 1.807) is 19.1 Å². The Bertz CT molecular complexity index is 952. The fourth-order valence-electron chi connectivity index (χ4n) is 2.69. The minimum Gasteiger partial charge on any atom is -0.493 e. The van der Waals surface area contributed by atoms with Crippen molar-refractivity contribution in [2.24, 2.45) is 0 Å². The van der Waals surface area contributed by atoms with Crippen LogP contribution in [0.25, 0.3) is 21.9 Å². The van der Waals surface area contributed by atoms with Gasteiger partial charge >= 0.3 is 0 Å². The van der Waals surface area contributed by atoms with Crippen LogP contribution in [0.5, 0.6) is 11.8 Å². The predicted octanol–water partition coefficient (Wildman–Crippen LogP) is 3.97. The van der Waals surface area contributed by atoms with Gasteiger partial charge in [0.2, 0.25) is 11.8 Å². The Labute approximate surface area is 136 Å². The van der Waals surface area contributed by atoms with E-state index in [4.69, 9.17) is 4.74 Å². The van der Waals surface area contributed by atoms with Gasteiger partial charge < -0.3 is 9.84 Å². The number of ether oxygens (including phenoxy) is 1. The second-order valence-electron chi connectivity index (χ2n) is 5.27. The second-order valence-corrected chi connectivity index (χ2v) is 5.27. The highest BCUT2D eigenvalue weighted by atomic mass is 19.1. The molecular weight excluding hydrogens is 315 g/mol. The van der Waals surface area contributed by atoms with Crippen molar-refractivity contribution < 1.29 is 19.2 Å². The molecule has 0 saturated heterocycles. The monoisotopic (exact) mass is 328 g/mol. The van der Waals surface area contributed by atoms with Crippen LogP contribution in [-0.2, 0) is 0 Å². The van der Waals surface area contributed by atoms with Gasteiger partial charge in [-0.25, -0.2) is 4.39 Å². The molecule has 0 saturated carbocycles. The number of benzene rings is 2. The van der Waals surface area contributed by atoms with E-state index < -0.39 is 16.6 Å². The van der Waals surface area contributed by atoms with Gasteiger partial charge in [0.05, 0.1) is 22.8 Å². The van der Waals surface area contributed by atoms with E-state index in [-0.39, 0.29) is 27.9 Å². The molecule has 3 rings (SSSR count). The molecule has 24 heavy (non-hydrogen) atoms. The number of hydrogen-bond acceptors (Lipinski definition) is 5. The highest BCUT2D eigenvalue weighted by molar-refractivity contribution is 5.98. The van der Waals surface area contributed by atoms with E-state index in [9.17, 15) is 19.6 Å². The number of non-ortho nitro benzene ring substituents is 1. The molecule has 122 valence electrons. The maximum Gasteiger partial charge on any atom is 0.278 e. The van der Waals surface area contributed by atoms with Gasteiger partial charge in [0, 0.05) is 17.7 Å². The van der Waals surface area contributed by atoms with Crippen LogP contribution in [0.2, 0.25) is 0 Å². The topological polar surface area (TPSA) is 85.5 Å².